The molecular weight excluding hydrogens is 299 g/mol. The summed E-state index contributed by atoms with van der Waals surface area (Å²) in [5.41, 5.74) is 0. The van der Waals surface area contributed by atoms with E-state index in [1.54, 1.807) is 18.2 Å². The molecule has 0 aromatic heterocycles. The number of hydrogen-bond donors (Lipinski definition) is 0. The Balaban J connectivity index is 2.60. The zero-order valence-electron chi connectivity index (χ0n) is 7.77. The molecule has 0 aliphatic heterocycles. The van der Waals surface area contributed by atoms with Crippen LogP contribution in [0.25, 0.3) is 0 Å². The highest BCUT2D eigenvalue weighted by Crippen LogP contribution is 2.27. The summed E-state index contributed by atoms with van der Waals surface area (Å²) >= 11 is 16.0. The van der Waals surface area contributed by atoms with E-state index in [-0.39, 0.29) is 5.75 Å². The van der Waals surface area contributed by atoms with Crippen LogP contribution in [-0.2, 0) is 14.6 Å². The molecule has 0 atom stereocenters. The van der Waals surface area contributed by atoms with Crippen molar-refractivity contribution < 1.29 is 16.8 Å². The predicted molar refractivity (Wildman–Crippen MR) is 62.2 cm³/mol. The van der Waals surface area contributed by atoms with E-state index in [2.05, 4.69) is 8.37 Å². The average molecular weight is 306 g/mol. The Labute approximate surface area is 108 Å². The summed E-state index contributed by atoms with van der Waals surface area (Å²) < 4.78 is 29.6. The van der Waals surface area contributed by atoms with E-state index in [0.29, 0.717) is 0 Å². The molecule has 0 saturated carbocycles. The third-order valence-corrected chi connectivity index (χ3v) is 2.44. The molecule has 0 spiro atoms. The van der Waals surface area contributed by atoms with Gasteiger partial charge in [-0.1, -0.05) is 53.0 Å². The van der Waals surface area contributed by atoms with Crippen LogP contribution in [0, 0.1) is 0 Å². The highest BCUT2D eigenvalue weighted by atomic mass is 35.6. The summed E-state index contributed by atoms with van der Waals surface area (Å²) in [5.74, 6) is 0.117. The molecule has 90 valence electrons. The molecule has 1 rings (SSSR count). The fourth-order valence-electron chi connectivity index (χ4n) is 0.757. The van der Waals surface area contributed by atoms with E-state index in [4.69, 9.17) is 34.8 Å². The molecule has 1 aromatic carbocycles. The molecule has 0 aliphatic carbocycles. The fourth-order valence-corrected chi connectivity index (χ4v) is 1.83. The van der Waals surface area contributed by atoms with Gasteiger partial charge < -0.3 is 4.18 Å². The summed E-state index contributed by atoms with van der Waals surface area (Å²) in [6, 6.07) is 7.84. The van der Waals surface area contributed by atoms with Crippen LogP contribution in [0.5, 0.6) is 5.75 Å². The van der Waals surface area contributed by atoms with Crippen LogP contribution in [0.2, 0.25) is 0 Å². The Morgan fingerprint density at radius 3 is 2.19 bits per heavy atom. The third-order valence-electron chi connectivity index (χ3n) is 1.31. The number of hydrogen-bond acceptors (Lipinski definition) is 4. The average Bonchev–Trinajstić information content (AvgIpc) is 2.15. The van der Waals surface area contributed by atoms with Crippen molar-refractivity contribution in [3.05, 3.63) is 30.3 Å². The largest absolute Gasteiger partial charge is 0.449 e. The van der Waals surface area contributed by atoms with Crippen molar-refractivity contribution in [3.8, 4) is 5.75 Å². The molecule has 1 aromatic rings. The summed E-state index contributed by atoms with van der Waals surface area (Å²) in [7, 11) is -4.22. The molecule has 0 saturated heterocycles. The first kappa shape index (κ1) is 13.9. The van der Waals surface area contributed by atoms with Crippen LogP contribution >= 0.6 is 34.8 Å². The van der Waals surface area contributed by atoms with Crippen LogP contribution in [-0.4, -0.2) is 18.8 Å². The van der Waals surface area contributed by atoms with E-state index in [1.807, 2.05) is 0 Å². The number of halogens is 3. The molecule has 0 N–H and O–H groups in total. The first-order chi connectivity index (χ1) is 7.29. The van der Waals surface area contributed by atoms with E-state index in [0.717, 1.165) is 0 Å². The molecule has 0 heterocycles. The number of benzene rings is 1. The molecule has 0 bridgehead atoms. The second-order valence-electron chi connectivity index (χ2n) is 2.68. The van der Waals surface area contributed by atoms with Crippen LogP contribution < -0.4 is 4.18 Å². The van der Waals surface area contributed by atoms with Gasteiger partial charge in [0.25, 0.3) is 0 Å². The maximum Gasteiger partial charge on any atom is 0.449 e. The zero-order valence-corrected chi connectivity index (χ0v) is 10.9. The van der Waals surface area contributed by atoms with E-state index < -0.39 is 20.8 Å². The van der Waals surface area contributed by atoms with E-state index in [1.165, 1.54) is 12.1 Å². The SMILES string of the molecule is O=S(=O)(OCC(Cl)(Cl)Cl)Oc1ccccc1. The summed E-state index contributed by atoms with van der Waals surface area (Å²) in [4.78, 5) is 0. The minimum absolute atomic E-state index is 0.117. The van der Waals surface area contributed by atoms with Gasteiger partial charge in [0.2, 0.25) is 3.79 Å². The second kappa shape index (κ2) is 5.42. The Bertz CT molecular complexity index is 426. The molecular formula is C8H7Cl3O4S. The maximum atomic E-state index is 11.2. The van der Waals surface area contributed by atoms with Gasteiger partial charge in [0.1, 0.15) is 12.4 Å². The molecule has 8 heteroatoms. The number of rotatable bonds is 4. The summed E-state index contributed by atoms with van der Waals surface area (Å²) in [6.45, 7) is -0.618. The smallest absolute Gasteiger partial charge is 0.362 e. The van der Waals surface area contributed by atoms with Crippen molar-refractivity contribution in [3.63, 3.8) is 0 Å². The van der Waals surface area contributed by atoms with Gasteiger partial charge in [-0.2, -0.15) is 8.42 Å². The summed E-state index contributed by atoms with van der Waals surface area (Å²) in [5, 5.41) is 0. The minimum Gasteiger partial charge on any atom is -0.362 e. The summed E-state index contributed by atoms with van der Waals surface area (Å²) in [6.07, 6.45) is 0. The molecule has 0 unspecified atom stereocenters. The van der Waals surface area contributed by atoms with E-state index in [9.17, 15) is 8.42 Å². The van der Waals surface area contributed by atoms with Crippen molar-refractivity contribution in [1.82, 2.24) is 0 Å². The maximum absolute atomic E-state index is 11.2. The van der Waals surface area contributed by atoms with Gasteiger partial charge in [0.05, 0.1) is 0 Å². The lowest BCUT2D eigenvalue weighted by Gasteiger charge is -2.11. The standard InChI is InChI=1S/C8H7Cl3O4S/c9-8(10,11)6-14-16(12,13)15-7-4-2-1-3-5-7/h1-5H,6H2. The highest BCUT2D eigenvalue weighted by molar-refractivity contribution is 7.82. The Morgan fingerprint density at radius 1 is 1.12 bits per heavy atom. The van der Waals surface area contributed by atoms with Gasteiger partial charge in [-0.25, -0.2) is 4.18 Å². The fraction of sp³-hybridized carbons (Fsp3) is 0.250. The lowest BCUT2D eigenvalue weighted by Crippen LogP contribution is -2.21. The molecule has 0 amide bonds. The number of alkyl halides is 3. The molecule has 4 nitrogen and oxygen atoms in total. The van der Waals surface area contributed by atoms with Crippen molar-refractivity contribution >= 4 is 45.2 Å². The minimum atomic E-state index is -4.22. The lowest BCUT2D eigenvalue weighted by molar-refractivity contribution is 0.279. The number of para-hydroxylation sites is 1. The van der Waals surface area contributed by atoms with Crippen LogP contribution in [0.1, 0.15) is 0 Å². The zero-order chi connectivity index (χ0) is 12.2. The molecule has 0 radical (unpaired) electrons. The van der Waals surface area contributed by atoms with Crippen molar-refractivity contribution in [2.24, 2.45) is 0 Å². The Hall–Kier alpha value is -0.200. The molecule has 16 heavy (non-hydrogen) atoms. The molecule has 0 aliphatic rings. The van der Waals surface area contributed by atoms with Gasteiger partial charge in [-0.05, 0) is 12.1 Å². The Morgan fingerprint density at radius 2 is 1.69 bits per heavy atom. The van der Waals surface area contributed by atoms with Crippen LogP contribution in [0.4, 0.5) is 0 Å². The van der Waals surface area contributed by atoms with Crippen LogP contribution in [0.3, 0.4) is 0 Å². The van der Waals surface area contributed by atoms with Crippen molar-refractivity contribution in [2.75, 3.05) is 6.61 Å². The van der Waals surface area contributed by atoms with E-state index >= 15 is 0 Å². The first-order valence-corrected chi connectivity index (χ1v) is 6.46. The van der Waals surface area contributed by atoms with Gasteiger partial charge in [0.15, 0.2) is 0 Å². The third kappa shape index (κ3) is 5.77. The topological polar surface area (TPSA) is 52.6 Å². The van der Waals surface area contributed by atoms with Crippen molar-refractivity contribution in [2.45, 2.75) is 3.79 Å². The van der Waals surface area contributed by atoms with Crippen molar-refractivity contribution in [1.29, 1.82) is 0 Å². The van der Waals surface area contributed by atoms with Gasteiger partial charge >= 0.3 is 10.4 Å². The predicted octanol–water partition coefficient (Wildman–Crippen LogP) is 2.70. The monoisotopic (exact) mass is 304 g/mol. The quantitative estimate of drug-likeness (QED) is 0.803. The first-order valence-electron chi connectivity index (χ1n) is 3.99. The normalized spacial score (nSPS) is 12.4. The lowest BCUT2D eigenvalue weighted by atomic mass is 10.3. The highest BCUT2D eigenvalue weighted by Gasteiger charge is 2.25. The van der Waals surface area contributed by atoms with Gasteiger partial charge in [-0.3, -0.25) is 0 Å². The van der Waals surface area contributed by atoms with Crippen LogP contribution in [0.15, 0.2) is 30.3 Å². The molecule has 0 fully saturated rings. The van der Waals surface area contributed by atoms with Gasteiger partial charge in [-0.15, -0.1) is 0 Å². The Kier molecular flexibility index (Phi) is 4.70. The van der Waals surface area contributed by atoms with Gasteiger partial charge in [0, 0.05) is 0 Å². The second-order valence-corrected chi connectivity index (χ2v) is 6.42.